The van der Waals surface area contributed by atoms with E-state index in [4.69, 9.17) is 5.41 Å². The van der Waals surface area contributed by atoms with Crippen molar-refractivity contribution >= 4 is 12.4 Å². The van der Waals surface area contributed by atoms with E-state index in [-0.39, 0.29) is 0 Å². The molecular formula is C10H14N2. The third-order valence-electron chi connectivity index (χ3n) is 1.47. The number of nitrogens with one attached hydrogen (secondary N) is 1. The molecule has 2 heteroatoms. The first-order chi connectivity index (χ1) is 5.49. The van der Waals surface area contributed by atoms with Crippen LogP contribution in [0.5, 0.6) is 0 Å². The third kappa shape index (κ3) is 3.10. The second-order valence-corrected chi connectivity index (χ2v) is 2.57. The highest BCUT2D eigenvalue weighted by atomic mass is 14.7. The Hall–Kier alpha value is -1.44. The topological polar surface area (TPSA) is 36.2 Å². The van der Waals surface area contributed by atoms with Crippen LogP contribution in [0.25, 0.3) is 0 Å². The minimum absolute atomic E-state index is 0.424. The molecule has 1 N–H and O–H groups in total. The first-order valence-corrected chi connectivity index (χ1v) is 3.57. The highest BCUT2D eigenvalue weighted by molar-refractivity contribution is 5.99. The molecule has 0 atom stereocenters. The minimum Gasteiger partial charge on any atom is -0.305 e. The molecule has 0 aliphatic heterocycles. The van der Waals surface area contributed by atoms with Gasteiger partial charge in [0.1, 0.15) is 0 Å². The van der Waals surface area contributed by atoms with E-state index in [0.29, 0.717) is 16.9 Å². The summed E-state index contributed by atoms with van der Waals surface area (Å²) >= 11 is 0. The van der Waals surface area contributed by atoms with Gasteiger partial charge >= 0.3 is 0 Å². The van der Waals surface area contributed by atoms with E-state index in [0.717, 1.165) is 5.70 Å². The van der Waals surface area contributed by atoms with Crippen molar-refractivity contribution in [3.63, 3.8) is 0 Å². The lowest BCUT2D eigenvalue weighted by molar-refractivity contribution is 1.31. The second kappa shape index (κ2) is 4.44. The molecule has 0 aromatic carbocycles. The van der Waals surface area contributed by atoms with Gasteiger partial charge in [-0.15, -0.1) is 0 Å². The Balaban J connectivity index is 4.53. The van der Waals surface area contributed by atoms with Crippen molar-refractivity contribution in [2.75, 3.05) is 0 Å². The average molecular weight is 162 g/mol. The average Bonchev–Trinajstić information content (AvgIpc) is 2.02. The van der Waals surface area contributed by atoms with Crippen molar-refractivity contribution in [1.82, 2.24) is 0 Å². The first-order valence-electron chi connectivity index (χ1n) is 3.57. The van der Waals surface area contributed by atoms with E-state index in [1.165, 1.54) is 0 Å². The van der Waals surface area contributed by atoms with Crippen LogP contribution in [-0.4, -0.2) is 12.4 Å². The van der Waals surface area contributed by atoms with Gasteiger partial charge in [-0.25, -0.2) is 0 Å². The Morgan fingerprint density at radius 1 is 1.33 bits per heavy atom. The number of aliphatic imine (C=N–C) groups is 1. The number of hydrogen-bond donors (Lipinski definition) is 1. The van der Waals surface area contributed by atoms with E-state index >= 15 is 0 Å². The number of allylic oxidation sites excluding steroid dienone is 4. The monoisotopic (exact) mass is 162 g/mol. The molecule has 0 bridgehead atoms. The fourth-order valence-corrected chi connectivity index (χ4v) is 0.626. The summed E-state index contributed by atoms with van der Waals surface area (Å²) in [7, 11) is 0. The molecule has 0 aromatic heterocycles. The van der Waals surface area contributed by atoms with Gasteiger partial charge in [-0.2, -0.15) is 0 Å². The maximum Gasteiger partial charge on any atom is 0.0371 e. The summed E-state index contributed by atoms with van der Waals surface area (Å²) in [6.07, 6.45) is 1.76. The summed E-state index contributed by atoms with van der Waals surface area (Å²) in [5.74, 6) is 0. The highest BCUT2D eigenvalue weighted by Gasteiger charge is 1.98. The summed E-state index contributed by atoms with van der Waals surface area (Å²) in [5, 5.41) is 7.30. The molecule has 0 unspecified atom stereocenters. The van der Waals surface area contributed by atoms with E-state index in [1.807, 2.05) is 6.92 Å². The van der Waals surface area contributed by atoms with Crippen molar-refractivity contribution in [2.24, 2.45) is 4.99 Å². The Kier molecular flexibility index (Phi) is 3.91. The summed E-state index contributed by atoms with van der Waals surface area (Å²) in [6, 6.07) is 0. The number of nitrogens with zero attached hydrogens (tertiary/aromatic N) is 1. The molecule has 0 rings (SSSR count). The van der Waals surface area contributed by atoms with Crippen molar-refractivity contribution in [2.45, 2.75) is 13.8 Å². The smallest absolute Gasteiger partial charge is 0.0371 e. The molecule has 0 radical (unpaired) electrons. The Morgan fingerprint density at radius 3 is 2.17 bits per heavy atom. The third-order valence-corrected chi connectivity index (χ3v) is 1.47. The standard InChI is InChI=1S/C10H14N2/c1-7(6-8(2)12-5)9(3)10(4)11/h6,11H,1,3,5H2,2,4H3/b8-6-,11-10?. The molecular weight excluding hydrogens is 148 g/mol. The Labute approximate surface area is 73.5 Å². The van der Waals surface area contributed by atoms with Crippen LogP contribution < -0.4 is 0 Å². The van der Waals surface area contributed by atoms with Crippen LogP contribution in [0.15, 0.2) is 41.1 Å². The maximum atomic E-state index is 7.30. The largest absolute Gasteiger partial charge is 0.305 e. The van der Waals surface area contributed by atoms with Gasteiger partial charge in [-0.1, -0.05) is 13.2 Å². The molecule has 0 spiro atoms. The zero-order valence-electron chi connectivity index (χ0n) is 7.65. The van der Waals surface area contributed by atoms with Gasteiger partial charge in [0.2, 0.25) is 0 Å². The van der Waals surface area contributed by atoms with Crippen LogP contribution in [0.2, 0.25) is 0 Å². The predicted octanol–water partition coefficient (Wildman–Crippen LogP) is 2.74. The summed E-state index contributed by atoms with van der Waals surface area (Å²) < 4.78 is 0. The lowest BCUT2D eigenvalue weighted by Crippen LogP contribution is -1.94. The minimum atomic E-state index is 0.424. The van der Waals surface area contributed by atoms with Gasteiger partial charge in [0.15, 0.2) is 0 Å². The highest BCUT2D eigenvalue weighted by Crippen LogP contribution is 2.10. The number of hydrogen-bond acceptors (Lipinski definition) is 2. The molecule has 0 aliphatic carbocycles. The summed E-state index contributed by atoms with van der Waals surface area (Å²) in [4.78, 5) is 3.71. The first kappa shape index (κ1) is 10.6. The van der Waals surface area contributed by atoms with Crippen molar-refractivity contribution < 1.29 is 0 Å². The maximum absolute atomic E-state index is 7.30. The van der Waals surface area contributed by atoms with Gasteiger partial charge in [0.05, 0.1) is 0 Å². The fraction of sp³-hybridized carbons (Fsp3) is 0.200. The summed E-state index contributed by atoms with van der Waals surface area (Å²) in [6.45, 7) is 14.3. The SMILES string of the molecule is C=N/C(C)=C\C(=C)C(=C)C(C)=N. The van der Waals surface area contributed by atoms with Crippen LogP contribution in [0.1, 0.15) is 13.8 Å². The molecule has 0 aromatic rings. The van der Waals surface area contributed by atoms with Crippen LogP contribution in [-0.2, 0) is 0 Å². The zero-order chi connectivity index (χ0) is 9.72. The molecule has 0 saturated heterocycles. The van der Waals surface area contributed by atoms with Gasteiger partial charge in [0, 0.05) is 11.4 Å². The van der Waals surface area contributed by atoms with E-state index in [9.17, 15) is 0 Å². The van der Waals surface area contributed by atoms with Crippen LogP contribution in [0, 0.1) is 5.41 Å². The van der Waals surface area contributed by atoms with Gasteiger partial charge in [-0.3, -0.25) is 4.99 Å². The van der Waals surface area contributed by atoms with Crippen molar-refractivity contribution in [1.29, 1.82) is 5.41 Å². The van der Waals surface area contributed by atoms with E-state index in [1.54, 1.807) is 13.0 Å². The molecule has 0 heterocycles. The lowest BCUT2D eigenvalue weighted by Gasteiger charge is -2.02. The van der Waals surface area contributed by atoms with Crippen LogP contribution in [0.4, 0.5) is 0 Å². The second-order valence-electron chi connectivity index (χ2n) is 2.57. The molecule has 0 amide bonds. The molecule has 12 heavy (non-hydrogen) atoms. The van der Waals surface area contributed by atoms with Crippen molar-refractivity contribution in [3.05, 3.63) is 36.1 Å². The summed E-state index contributed by atoms with van der Waals surface area (Å²) in [5.41, 5.74) is 2.56. The van der Waals surface area contributed by atoms with Gasteiger partial charge in [-0.05, 0) is 37.8 Å². The molecule has 2 nitrogen and oxygen atoms in total. The molecule has 0 saturated carbocycles. The normalized spacial score (nSPS) is 10.7. The van der Waals surface area contributed by atoms with E-state index < -0.39 is 0 Å². The van der Waals surface area contributed by atoms with E-state index in [2.05, 4.69) is 24.9 Å². The lowest BCUT2D eigenvalue weighted by atomic mass is 10.1. The fourth-order valence-electron chi connectivity index (χ4n) is 0.626. The quantitative estimate of drug-likeness (QED) is 0.487. The number of rotatable bonds is 4. The van der Waals surface area contributed by atoms with Gasteiger partial charge in [0.25, 0.3) is 0 Å². The molecule has 0 aliphatic rings. The van der Waals surface area contributed by atoms with Crippen LogP contribution in [0.3, 0.4) is 0 Å². The molecule has 64 valence electrons. The Bertz CT molecular complexity index is 270. The zero-order valence-corrected chi connectivity index (χ0v) is 7.65. The van der Waals surface area contributed by atoms with Crippen molar-refractivity contribution in [3.8, 4) is 0 Å². The Morgan fingerprint density at radius 2 is 1.83 bits per heavy atom. The van der Waals surface area contributed by atoms with Crippen LogP contribution >= 0.6 is 0 Å². The van der Waals surface area contributed by atoms with Gasteiger partial charge < -0.3 is 5.41 Å². The molecule has 0 fully saturated rings. The predicted molar refractivity (Wildman–Crippen MR) is 55.0 cm³/mol.